The van der Waals surface area contributed by atoms with Crippen molar-refractivity contribution in [1.29, 1.82) is 0 Å². The number of hydrogen-bond acceptors (Lipinski definition) is 5. The first kappa shape index (κ1) is 21.7. The van der Waals surface area contributed by atoms with Crippen molar-refractivity contribution in [3.63, 3.8) is 0 Å². The first-order valence-electron chi connectivity index (χ1n) is 9.77. The molecule has 162 valence electrons. The van der Waals surface area contributed by atoms with Crippen LogP contribution in [0.4, 0.5) is 5.00 Å². The fourth-order valence-corrected chi connectivity index (χ4v) is 5.55. The fraction of sp³-hybridized carbons (Fsp3) is 0.273. The van der Waals surface area contributed by atoms with Gasteiger partial charge >= 0.3 is 0 Å². The number of anilines is 1. The van der Waals surface area contributed by atoms with E-state index < -0.39 is 5.91 Å². The minimum Gasteiger partial charge on any atom is -0.494 e. The molecule has 2 aromatic heterocycles. The van der Waals surface area contributed by atoms with E-state index in [2.05, 4.69) is 10.6 Å². The number of methoxy groups -OCH3 is 1. The number of furan rings is 1. The Morgan fingerprint density at radius 3 is 2.58 bits per heavy atom. The van der Waals surface area contributed by atoms with Crippen LogP contribution in [0.5, 0.6) is 5.75 Å². The monoisotopic (exact) mass is 478 g/mol. The van der Waals surface area contributed by atoms with Crippen LogP contribution in [0.15, 0.2) is 34.9 Å². The molecule has 0 aliphatic heterocycles. The molecule has 9 heteroatoms. The zero-order valence-electron chi connectivity index (χ0n) is 16.7. The number of fused-ring (bicyclic) bond motifs is 1. The molecule has 0 saturated carbocycles. The molecule has 1 aliphatic rings. The van der Waals surface area contributed by atoms with Gasteiger partial charge in [0.1, 0.15) is 10.8 Å². The third kappa shape index (κ3) is 4.59. The van der Waals surface area contributed by atoms with Crippen LogP contribution >= 0.6 is 34.5 Å². The topological polar surface area (TPSA) is 80.6 Å². The largest absolute Gasteiger partial charge is 0.494 e. The normalized spacial score (nSPS) is 12.9. The predicted octanol–water partition coefficient (Wildman–Crippen LogP) is 5.72. The maximum absolute atomic E-state index is 13.0. The summed E-state index contributed by atoms with van der Waals surface area (Å²) in [6.07, 6.45) is 5.35. The molecule has 2 heterocycles. The number of ether oxygens (including phenoxy) is 1. The van der Waals surface area contributed by atoms with Crippen molar-refractivity contribution in [3.8, 4) is 5.75 Å². The van der Waals surface area contributed by atoms with Crippen molar-refractivity contribution >= 4 is 51.4 Å². The minimum absolute atomic E-state index is 0.238. The van der Waals surface area contributed by atoms with Gasteiger partial charge in [0, 0.05) is 10.4 Å². The molecule has 0 fully saturated rings. The Labute approximate surface area is 193 Å². The highest BCUT2D eigenvalue weighted by Crippen LogP contribution is 2.39. The Morgan fingerprint density at radius 2 is 1.90 bits per heavy atom. The number of rotatable bonds is 6. The van der Waals surface area contributed by atoms with Gasteiger partial charge in [-0.1, -0.05) is 23.2 Å². The molecule has 4 rings (SSSR count). The van der Waals surface area contributed by atoms with Gasteiger partial charge in [-0.15, -0.1) is 11.3 Å². The summed E-state index contributed by atoms with van der Waals surface area (Å²) < 4.78 is 10.4. The summed E-state index contributed by atoms with van der Waals surface area (Å²) in [5.74, 6) is 0.331. The standard InChI is InChI=1S/C22H20Cl2N2O4S/c1-29-19-15(23)9-12(10-16(19)24)20(27)26-22-18(14-6-2-3-7-17(14)31-22)21(28)25-11-13-5-4-8-30-13/h4-5,8-10H,2-3,6-7,11H2,1H3,(H,25,28)(H,26,27). The third-order valence-electron chi connectivity index (χ3n) is 5.09. The molecule has 0 atom stereocenters. The summed E-state index contributed by atoms with van der Waals surface area (Å²) in [4.78, 5) is 27.1. The van der Waals surface area contributed by atoms with Crippen LogP contribution in [0.25, 0.3) is 0 Å². The number of halogens is 2. The Bertz CT molecular complexity index is 1100. The van der Waals surface area contributed by atoms with E-state index >= 15 is 0 Å². The van der Waals surface area contributed by atoms with Gasteiger partial charge in [-0.25, -0.2) is 0 Å². The van der Waals surface area contributed by atoms with Gasteiger partial charge in [-0.05, 0) is 55.5 Å². The summed E-state index contributed by atoms with van der Waals surface area (Å²) in [5.41, 5.74) is 1.81. The summed E-state index contributed by atoms with van der Waals surface area (Å²) in [6.45, 7) is 0.271. The van der Waals surface area contributed by atoms with Crippen molar-refractivity contribution in [2.75, 3.05) is 12.4 Å². The molecule has 0 unspecified atom stereocenters. The summed E-state index contributed by atoms with van der Waals surface area (Å²) in [7, 11) is 1.45. The van der Waals surface area contributed by atoms with Crippen LogP contribution in [-0.4, -0.2) is 18.9 Å². The van der Waals surface area contributed by atoms with Crippen molar-refractivity contribution < 1.29 is 18.7 Å². The number of carbonyl (C=O) groups is 2. The first-order chi connectivity index (χ1) is 15.0. The molecule has 31 heavy (non-hydrogen) atoms. The van der Waals surface area contributed by atoms with E-state index in [4.69, 9.17) is 32.4 Å². The van der Waals surface area contributed by atoms with Crippen molar-refractivity contribution in [3.05, 3.63) is 67.9 Å². The van der Waals surface area contributed by atoms with E-state index in [0.29, 0.717) is 22.1 Å². The minimum atomic E-state index is -0.398. The second-order valence-corrected chi connectivity index (χ2v) is 9.02. The van der Waals surface area contributed by atoms with Crippen LogP contribution in [-0.2, 0) is 19.4 Å². The Kier molecular flexibility index (Phi) is 6.55. The van der Waals surface area contributed by atoms with Gasteiger partial charge in [0.25, 0.3) is 11.8 Å². The molecule has 0 radical (unpaired) electrons. The van der Waals surface area contributed by atoms with E-state index in [1.807, 2.05) is 0 Å². The lowest BCUT2D eigenvalue weighted by molar-refractivity contribution is 0.0948. The number of carbonyl (C=O) groups excluding carboxylic acids is 2. The lowest BCUT2D eigenvalue weighted by Gasteiger charge is -2.13. The van der Waals surface area contributed by atoms with Gasteiger partial charge in [0.15, 0.2) is 5.75 Å². The highest BCUT2D eigenvalue weighted by atomic mass is 35.5. The van der Waals surface area contributed by atoms with E-state index in [0.717, 1.165) is 36.1 Å². The van der Waals surface area contributed by atoms with Crippen LogP contribution in [0.2, 0.25) is 10.0 Å². The van der Waals surface area contributed by atoms with Crippen molar-refractivity contribution in [2.45, 2.75) is 32.2 Å². The number of thiophene rings is 1. The number of benzene rings is 1. The summed E-state index contributed by atoms with van der Waals surface area (Å²) >= 11 is 13.8. The lowest BCUT2D eigenvalue weighted by Crippen LogP contribution is -2.25. The second kappa shape index (κ2) is 9.34. The Hall–Kier alpha value is -2.48. The van der Waals surface area contributed by atoms with E-state index in [1.165, 1.54) is 30.6 Å². The summed E-state index contributed by atoms with van der Waals surface area (Å²) in [5, 5.41) is 6.78. The second-order valence-electron chi connectivity index (χ2n) is 7.10. The number of hydrogen-bond donors (Lipinski definition) is 2. The van der Waals surface area contributed by atoms with Crippen molar-refractivity contribution in [2.24, 2.45) is 0 Å². The average molecular weight is 479 g/mol. The third-order valence-corrected chi connectivity index (χ3v) is 6.86. The molecule has 6 nitrogen and oxygen atoms in total. The molecule has 1 aliphatic carbocycles. The van der Waals surface area contributed by atoms with Crippen molar-refractivity contribution in [1.82, 2.24) is 5.32 Å². The zero-order valence-corrected chi connectivity index (χ0v) is 19.0. The number of aryl methyl sites for hydroxylation is 1. The highest BCUT2D eigenvalue weighted by molar-refractivity contribution is 7.17. The predicted molar refractivity (Wildman–Crippen MR) is 122 cm³/mol. The first-order valence-corrected chi connectivity index (χ1v) is 11.3. The Morgan fingerprint density at radius 1 is 1.16 bits per heavy atom. The van der Waals surface area contributed by atoms with Gasteiger partial charge in [-0.2, -0.15) is 0 Å². The maximum atomic E-state index is 13.0. The Balaban J connectivity index is 1.61. The van der Waals surface area contributed by atoms with E-state index in [1.54, 1.807) is 18.4 Å². The van der Waals surface area contributed by atoms with Gasteiger partial charge in [0.05, 0.1) is 35.5 Å². The quantitative estimate of drug-likeness (QED) is 0.474. The number of amides is 2. The summed E-state index contributed by atoms with van der Waals surface area (Å²) in [6, 6.07) is 6.55. The molecular weight excluding hydrogens is 459 g/mol. The smallest absolute Gasteiger partial charge is 0.256 e. The zero-order chi connectivity index (χ0) is 22.0. The van der Waals surface area contributed by atoms with Crippen LogP contribution < -0.4 is 15.4 Å². The molecule has 3 aromatic rings. The maximum Gasteiger partial charge on any atom is 0.256 e. The van der Waals surface area contributed by atoms with Gasteiger partial charge in [-0.3, -0.25) is 9.59 Å². The van der Waals surface area contributed by atoms with Gasteiger partial charge < -0.3 is 19.8 Å². The van der Waals surface area contributed by atoms with Gasteiger partial charge in [0.2, 0.25) is 0 Å². The van der Waals surface area contributed by atoms with E-state index in [-0.39, 0.29) is 28.1 Å². The SMILES string of the molecule is COc1c(Cl)cc(C(=O)Nc2sc3c(c2C(=O)NCc2ccco2)CCCC3)cc1Cl. The molecule has 0 spiro atoms. The molecular formula is C22H20Cl2N2O4S. The molecule has 0 saturated heterocycles. The average Bonchev–Trinajstić information content (AvgIpc) is 3.39. The molecule has 0 bridgehead atoms. The lowest BCUT2D eigenvalue weighted by atomic mass is 9.95. The van der Waals surface area contributed by atoms with Crippen LogP contribution in [0.1, 0.15) is 49.8 Å². The number of nitrogens with one attached hydrogen (secondary N) is 2. The molecule has 1 aromatic carbocycles. The van der Waals surface area contributed by atoms with Crippen LogP contribution in [0, 0.1) is 0 Å². The highest BCUT2D eigenvalue weighted by Gasteiger charge is 2.27. The fourth-order valence-electron chi connectivity index (χ4n) is 3.62. The molecule has 2 N–H and O–H groups in total. The molecule has 2 amide bonds. The van der Waals surface area contributed by atoms with Crippen LogP contribution in [0.3, 0.4) is 0 Å². The van der Waals surface area contributed by atoms with E-state index in [9.17, 15) is 9.59 Å².